The zero-order chi connectivity index (χ0) is 9.84. The van der Waals surface area contributed by atoms with Gasteiger partial charge in [0, 0.05) is 17.0 Å². The van der Waals surface area contributed by atoms with Crippen molar-refractivity contribution in [2.75, 3.05) is 6.54 Å². The van der Waals surface area contributed by atoms with Crippen LogP contribution in [0.1, 0.15) is 40.0 Å². The summed E-state index contributed by atoms with van der Waals surface area (Å²) < 4.78 is 0. The molecule has 2 heteroatoms. The molecule has 2 N–H and O–H groups in total. The van der Waals surface area contributed by atoms with Crippen LogP contribution in [0.5, 0.6) is 0 Å². The first kappa shape index (κ1) is 11.4. The molecular formula is C11H23NS. The Morgan fingerprint density at radius 2 is 2.00 bits per heavy atom. The molecule has 78 valence electrons. The van der Waals surface area contributed by atoms with Crippen LogP contribution in [0.4, 0.5) is 0 Å². The normalized spacial score (nSPS) is 37.4. The Balaban J connectivity index is 2.29. The molecule has 0 aromatic carbocycles. The van der Waals surface area contributed by atoms with E-state index in [9.17, 15) is 0 Å². The van der Waals surface area contributed by atoms with Crippen LogP contribution in [-0.4, -0.2) is 17.0 Å². The molecule has 4 unspecified atom stereocenters. The summed E-state index contributed by atoms with van der Waals surface area (Å²) in [5, 5.41) is 1.52. The van der Waals surface area contributed by atoms with Gasteiger partial charge >= 0.3 is 0 Å². The van der Waals surface area contributed by atoms with Gasteiger partial charge in [-0.1, -0.05) is 20.8 Å². The van der Waals surface area contributed by atoms with Gasteiger partial charge < -0.3 is 5.73 Å². The molecule has 0 saturated heterocycles. The SMILES string of the molecule is CC(CN)SC1CCC(C)C(C)C1. The Kier molecular flexibility index (Phi) is 4.60. The van der Waals surface area contributed by atoms with Crippen molar-refractivity contribution in [1.29, 1.82) is 0 Å². The van der Waals surface area contributed by atoms with Crippen molar-refractivity contribution in [2.24, 2.45) is 17.6 Å². The maximum absolute atomic E-state index is 5.63. The van der Waals surface area contributed by atoms with E-state index in [1.54, 1.807) is 0 Å². The topological polar surface area (TPSA) is 26.0 Å². The minimum absolute atomic E-state index is 0.644. The van der Waals surface area contributed by atoms with Crippen molar-refractivity contribution < 1.29 is 0 Å². The summed E-state index contributed by atoms with van der Waals surface area (Å²) in [6, 6.07) is 0. The average Bonchev–Trinajstić information content (AvgIpc) is 2.11. The van der Waals surface area contributed by atoms with E-state index in [0.717, 1.165) is 23.6 Å². The van der Waals surface area contributed by atoms with Gasteiger partial charge in [-0.25, -0.2) is 0 Å². The Hall–Kier alpha value is 0.310. The molecule has 1 rings (SSSR count). The highest BCUT2D eigenvalue weighted by Crippen LogP contribution is 2.36. The van der Waals surface area contributed by atoms with Gasteiger partial charge in [0.1, 0.15) is 0 Å². The summed E-state index contributed by atoms with van der Waals surface area (Å²) in [4.78, 5) is 0. The first-order chi connectivity index (χ1) is 6.13. The quantitative estimate of drug-likeness (QED) is 0.760. The van der Waals surface area contributed by atoms with Crippen LogP contribution < -0.4 is 5.73 Å². The summed E-state index contributed by atoms with van der Waals surface area (Å²) in [6.07, 6.45) is 4.22. The van der Waals surface area contributed by atoms with Crippen molar-refractivity contribution in [3.05, 3.63) is 0 Å². The lowest BCUT2D eigenvalue weighted by Crippen LogP contribution is -2.25. The zero-order valence-electron chi connectivity index (χ0n) is 9.12. The Bertz CT molecular complexity index is 147. The third-order valence-electron chi connectivity index (χ3n) is 3.31. The molecule has 1 nitrogen and oxygen atoms in total. The molecule has 0 radical (unpaired) electrons. The molecule has 0 aromatic rings. The Morgan fingerprint density at radius 1 is 1.31 bits per heavy atom. The Labute approximate surface area is 86.8 Å². The smallest absolute Gasteiger partial charge is 0.0144 e. The van der Waals surface area contributed by atoms with E-state index in [2.05, 4.69) is 32.5 Å². The van der Waals surface area contributed by atoms with Crippen LogP contribution in [0.2, 0.25) is 0 Å². The van der Waals surface area contributed by atoms with Crippen molar-refractivity contribution in [3.8, 4) is 0 Å². The molecule has 13 heavy (non-hydrogen) atoms. The highest BCUT2D eigenvalue weighted by Gasteiger charge is 2.25. The van der Waals surface area contributed by atoms with Crippen molar-refractivity contribution in [3.63, 3.8) is 0 Å². The second-order valence-corrected chi connectivity index (χ2v) is 6.32. The third-order valence-corrected chi connectivity index (χ3v) is 4.78. The summed E-state index contributed by atoms with van der Waals surface area (Å²) in [5.41, 5.74) is 5.63. The maximum atomic E-state index is 5.63. The summed E-state index contributed by atoms with van der Waals surface area (Å²) in [7, 11) is 0. The molecule has 0 aliphatic heterocycles. The third kappa shape index (κ3) is 3.51. The molecule has 1 aliphatic carbocycles. The molecule has 0 heterocycles. The molecule has 1 saturated carbocycles. The van der Waals surface area contributed by atoms with Gasteiger partial charge in [0.05, 0.1) is 0 Å². The molecular weight excluding hydrogens is 178 g/mol. The van der Waals surface area contributed by atoms with Crippen LogP contribution in [0.15, 0.2) is 0 Å². The molecule has 0 bridgehead atoms. The van der Waals surface area contributed by atoms with Gasteiger partial charge in [0.15, 0.2) is 0 Å². The van der Waals surface area contributed by atoms with E-state index in [4.69, 9.17) is 5.73 Å². The predicted molar refractivity (Wildman–Crippen MR) is 62.1 cm³/mol. The molecule has 4 atom stereocenters. The first-order valence-corrected chi connectivity index (χ1v) is 6.43. The fourth-order valence-corrected chi connectivity index (χ4v) is 3.46. The lowest BCUT2D eigenvalue weighted by Gasteiger charge is -2.32. The molecule has 0 aromatic heterocycles. The van der Waals surface area contributed by atoms with E-state index in [0.29, 0.717) is 5.25 Å². The monoisotopic (exact) mass is 201 g/mol. The standard InChI is InChI=1S/C11H23NS/c1-8-4-5-11(6-9(8)2)13-10(3)7-12/h8-11H,4-7,12H2,1-3H3. The lowest BCUT2D eigenvalue weighted by atomic mass is 9.81. The van der Waals surface area contributed by atoms with E-state index < -0.39 is 0 Å². The average molecular weight is 201 g/mol. The maximum Gasteiger partial charge on any atom is 0.0144 e. The number of hydrogen-bond acceptors (Lipinski definition) is 2. The minimum atomic E-state index is 0.644. The second kappa shape index (κ2) is 5.26. The van der Waals surface area contributed by atoms with E-state index in [1.807, 2.05) is 0 Å². The van der Waals surface area contributed by atoms with Crippen LogP contribution in [0, 0.1) is 11.8 Å². The van der Waals surface area contributed by atoms with E-state index >= 15 is 0 Å². The van der Waals surface area contributed by atoms with Crippen LogP contribution in [-0.2, 0) is 0 Å². The molecule has 1 fully saturated rings. The van der Waals surface area contributed by atoms with Gasteiger partial charge in [0.25, 0.3) is 0 Å². The lowest BCUT2D eigenvalue weighted by molar-refractivity contribution is 0.283. The van der Waals surface area contributed by atoms with E-state index in [-0.39, 0.29) is 0 Å². The number of hydrogen-bond donors (Lipinski definition) is 1. The van der Waals surface area contributed by atoms with Crippen LogP contribution >= 0.6 is 11.8 Å². The number of thioether (sulfide) groups is 1. The van der Waals surface area contributed by atoms with Gasteiger partial charge in [-0.2, -0.15) is 11.8 Å². The summed E-state index contributed by atoms with van der Waals surface area (Å²) in [6.45, 7) is 7.85. The van der Waals surface area contributed by atoms with Crippen LogP contribution in [0.25, 0.3) is 0 Å². The summed E-state index contributed by atoms with van der Waals surface area (Å²) in [5.74, 6) is 1.85. The van der Waals surface area contributed by atoms with Gasteiger partial charge in [0.2, 0.25) is 0 Å². The van der Waals surface area contributed by atoms with Crippen LogP contribution in [0.3, 0.4) is 0 Å². The first-order valence-electron chi connectivity index (χ1n) is 5.49. The van der Waals surface area contributed by atoms with Crippen molar-refractivity contribution >= 4 is 11.8 Å². The van der Waals surface area contributed by atoms with E-state index in [1.165, 1.54) is 19.3 Å². The van der Waals surface area contributed by atoms with Gasteiger partial charge in [-0.15, -0.1) is 0 Å². The van der Waals surface area contributed by atoms with Crippen molar-refractivity contribution in [2.45, 2.75) is 50.5 Å². The van der Waals surface area contributed by atoms with Gasteiger partial charge in [-0.05, 0) is 31.1 Å². The highest BCUT2D eigenvalue weighted by atomic mass is 32.2. The largest absolute Gasteiger partial charge is 0.329 e. The van der Waals surface area contributed by atoms with Crippen molar-refractivity contribution in [1.82, 2.24) is 0 Å². The fraction of sp³-hybridized carbons (Fsp3) is 1.00. The predicted octanol–water partition coefficient (Wildman–Crippen LogP) is 2.89. The summed E-state index contributed by atoms with van der Waals surface area (Å²) >= 11 is 2.10. The number of rotatable bonds is 3. The van der Waals surface area contributed by atoms with Gasteiger partial charge in [-0.3, -0.25) is 0 Å². The number of nitrogens with two attached hydrogens (primary N) is 1. The molecule has 0 amide bonds. The fourth-order valence-electron chi connectivity index (χ4n) is 2.01. The highest BCUT2D eigenvalue weighted by molar-refractivity contribution is 8.00. The second-order valence-electron chi connectivity index (χ2n) is 4.57. The molecule has 0 spiro atoms. The Morgan fingerprint density at radius 3 is 2.54 bits per heavy atom. The minimum Gasteiger partial charge on any atom is -0.329 e. The molecule has 1 aliphatic rings. The zero-order valence-corrected chi connectivity index (χ0v) is 9.94.